The van der Waals surface area contributed by atoms with Crippen LogP contribution in [0.25, 0.3) is 11.3 Å². The molecule has 0 fully saturated rings. The lowest BCUT2D eigenvalue weighted by Gasteiger charge is -2.15. The van der Waals surface area contributed by atoms with E-state index in [1.165, 1.54) is 6.07 Å². The number of benzene rings is 3. The minimum atomic E-state index is -1.06. The standard InChI is InChI=1S/C29H28FN3O5/c1-18-26(32-29(36)37-19(2)21-8-4-3-5-9-21)27(38-33-18)22-14-12-20(13-15-22)17-31-25(28(34)35)16-23-10-6-7-11-24(23)30/h3-15,19,25,31H,16-17H2,1-2H3,(H,32,36)(H,34,35)/t19?,25-/m1/s1. The number of nitrogens with zero attached hydrogens (tertiary/aromatic N) is 1. The van der Waals surface area contributed by atoms with Gasteiger partial charge in [-0.15, -0.1) is 0 Å². The van der Waals surface area contributed by atoms with Crippen LogP contribution in [0.5, 0.6) is 0 Å². The summed E-state index contributed by atoms with van der Waals surface area (Å²) in [6, 6.07) is 21.7. The molecule has 0 aliphatic heterocycles. The Hall–Kier alpha value is -4.50. The van der Waals surface area contributed by atoms with Gasteiger partial charge in [-0.3, -0.25) is 10.1 Å². The molecule has 4 rings (SSSR count). The Bertz CT molecular complexity index is 1390. The van der Waals surface area contributed by atoms with Gasteiger partial charge >= 0.3 is 12.1 Å². The predicted molar refractivity (Wildman–Crippen MR) is 140 cm³/mol. The van der Waals surface area contributed by atoms with Crippen LogP contribution < -0.4 is 10.6 Å². The summed E-state index contributed by atoms with van der Waals surface area (Å²) in [6.07, 6.45) is -1.06. The Morgan fingerprint density at radius 2 is 1.71 bits per heavy atom. The van der Waals surface area contributed by atoms with E-state index in [-0.39, 0.29) is 13.0 Å². The SMILES string of the molecule is Cc1noc(-c2ccc(CN[C@H](Cc3ccccc3F)C(=O)O)cc2)c1NC(=O)OC(C)c1ccccc1. The number of halogens is 1. The van der Waals surface area contributed by atoms with Crippen molar-refractivity contribution in [2.24, 2.45) is 0 Å². The smallest absolute Gasteiger partial charge is 0.412 e. The highest BCUT2D eigenvalue weighted by Gasteiger charge is 2.21. The number of nitrogens with one attached hydrogen (secondary N) is 2. The number of rotatable bonds is 10. The van der Waals surface area contributed by atoms with Crippen LogP contribution >= 0.6 is 0 Å². The lowest BCUT2D eigenvalue weighted by atomic mass is 10.0. The quantitative estimate of drug-likeness (QED) is 0.241. The van der Waals surface area contributed by atoms with Crippen molar-refractivity contribution < 1.29 is 28.3 Å². The fraction of sp³-hybridized carbons (Fsp3) is 0.207. The first-order valence-electron chi connectivity index (χ1n) is 12.1. The largest absolute Gasteiger partial charge is 0.480 e. The zero-order valence-electron chi connectivity index (χ0n) is 21.0. The number of carbonyl (C=O) groups excluding carboxylic acids is 1. The topological polar surface area (TPSA) is 114 Å². The van der Waals surface area contributed by atoms with Gasteiger partial charge in [-0.05, 0) is 36.6 Å². The third kappa shape index (κ3) is 6.63. The van der Waals surface area contributed by atoms with Crippen molar-refractivity contribution >= 4 is 17.7 Å². The molecule has 1 amide bonds. The molecule has 3 aromatic carbocycles. The summed E-state index contributed by atoms with van der Waals surface area (Å²) >= 11 is 0. The van der Waals surface area contributed by atoms with Crippen LogP contribution in [-0.2, 0) is 22.5 Å². The number of amides is 1. The lowest BCUT2D eigenvalue weighted by molar-refractivity contribution is -0.139. The number of carboxylic acids is 1. The molecule has 0 aliphatic rings. The highest BCUT2D eigenvalue weighted by Crippen LogP contribution is 2.31. The molecule has 2 atom stereocenters. The summed E-state index contributed by atoms with van der Waals surface area (Å²) < 4.78 is 24.9. The van der Waals surface area contributed by atoms with E-state index in [0.29, 0.717) is 28.3 Å². The van der Waals surface area contributed by atoms with Gasteiger partial charge in [0.1, 0.15) is 29.3 Å². The Labute approximate surface area is 219 Å². The normalized spacial score (nSPS) is 12.5. The molecule has 1 heterocycles. The maximum atomic E-state index is 14.0. The van der Waals surface area contributed by atoms with Crippen LogP contribution in [0.3, 0.4) is 0 Å². The van der Waals surface area contributed by atoms with Gasteiger partial charge in [0, 0.05) is 18.5 Å². The molecule has 4 aromatic rings. The van der Waals surface area contributed by atoms with E-state index in [9.17, 15) is 19.1 Å². The van der Waals surface area contributed by atoms with Gasteiger partial charge in [0.15, 0.2) is 5.76 Å². The van der Waals surface area contributed by atoms with Gasteiger partial charge in [0.2, 0.25) is 0 Å². The molecular weight excluding hydrogens is 489 g/mol. The first-order valence-corrected chi connectivity index (χ1v) is 12.1. The number of anilines is 1. The number of carboxylic acid groups (broad SMARTS) is 1. The van der Waals surface area contributed by atoms with Crippen molar-refractivity contribution in [1.82, 2.24) is 10.5 Å². The molecule has 0 spiro atoms. The molecule has 8 nitrogen and oxygen atoms in total. The first kappa shape index (κ1) is 26.6. The molecule has 0 saturated carbocycles. The molecule has 0 saturated heterocycles. The number of aliphatic carboxylic acids is 1. The average Bonchev–Trinajstić information content (AvgIpc) is 3.27. The van der Waals surface area contributed by atoms with E-state index in [4.69, 9.17) is 9.26 Å². The van der Waals surface area contributed by atoms with Crippen molar-refractivity contribution in [3.05, 3.63) is 107 Å². The van der Waals surface area contributed by atoms with Crippen LogP contribution in [0.15, 0.2) is 83.4 Å². The van der Waals surface area contributed by atoms with Crippen LogP contribution in [0, 0.1) is 12.7 Å². The Balaban J connectivity index is 1.40. The lowest BCUT2D eigenvalue weighted by Crippen LogP contribution is -2.38. The predicted octanol–water partition coefficient (Wildman–Crippen LogP) is 5.88. The summed E-state index contributed by atoms with van der Waals surface area (Å²) in [5.41, 5.74) is 3.58. The van der Waals surface area contributed by atoms with E-state index >= 15 is 0 Å². The summed E-state index contributed by atoms with van der Waals surface area (Å²) in [5.74, 6) is -1.13. The van der Waals surface area contributed by atoms with E-state index in [1.807, 2.05) is 42.5 Å². The average molecular weight is 518 g/mol. The maximum absolute atomic E-state index is 14.0. The van der Waals surface area contributed by atoms with Gasteiger partial charge in [-0.25, -0.2) is 9.18 Å². The van der Waals surface area contributed by atoms with Gasteiger partial charge < -0.3 is 19.7 Å². The molecule has 196 valence electrons. The number of hydrogen-bond donors (Lipinski definition) is 3. The maximum Gasteiger partial charge on any atom is 0.412 e. The van der Waals surface area contributed by atoms with Crippen molar-refractivity contribution in [3.8, 4) is 11.3 Å². The van der Waals surface area contributed by atoms with Crippen LogP contribution in [0.4, 0.5) is 14.9 Å². The highest BCUT2D eigenvalue weighted by atomic mass is 19.1. The second kappa shape index (κ2) is 12.2. The molecular formula is C29H28FN3O5. The fourth-order valence-electron chi connectivity index (χ4n) is 3.94. The third-order valence-electron chi connectivity index (χ3n) is 6.09. The van der Waals surface area contributed by atoms with Crippen molar-refractivity contribution in [2.75, 3.05) is 5.32 Å². The third-order valence-corrected chi connectivity index (χ3v) is 6.09. The summed E-state index contributed by atoms with van der Waals surface area (Å²) in [7, 11) is 0. The number of aryl methyl sites for hydroxylation is 1. The van der Waals surface area contributed by atoms with Crippen molar-refractivity contribution in [3.63, 3.8) is 0 Å². The summed E-state index contributed by atoms with van der Waals surface area (Å²) in [6.45, 7) is 3.76. The Morgan fingerprint density at radius 3 is 2.39 bits per heavy atom. The zero-order valence-corrected chi connectivity index (χ0v) is 21.0. The molecule has 0 bridgehead atoms. The number of aromatic nitrogens is 1. The molecule has 1 unspecified atom stereocenters. The number of ether oxygens (including phenoxy) is 1. The second-order valence-electron chi connectivity index (χ2n) is 8.82. The van der Waals surface area contributed by atoms with E-state index < -0.39 is 30.0 Å². The fourth-order valence-corrected chi connectivity index (χ4v) is 3.94. The molecule has 0 radical (unpaired) electrons. The molecule has 0 aliphatic carbocycles. The van der Waals surface area contributed by atoms with Gasteiger partial charge in [-0.2, -0.15) is 0 Å². The molecule has 38 heavy (non-hydrogen) atoms. The van der Waals surface area contributed by atoms with Gasteiger partial charge in [0.25, 0.3) is 0 Å². The minimum absolute atomic E-state index is 0.0193. The Morgan fingerprint density at radius 1 is 1.03 bits per heavy atom. The van der Waals surface area contributed by atoms with Gasteiger partial charge in [-0.1, -0.05) is 78.0 Å². The number of carbonyl (C=O) groups is 2. The van der Waals surface area contributed by atoms with Crippen LogP contribution in [-0.4, -0.2) is 28.4 Å². The molecule has 9 heteroatoms. The minimum Gasteiger partial charge on any atom is -0.480 e. The van der Waals surface area contributed by atoms with Gasteiger partial charge in [0.05, 0.1) is 0 Å². The first-order chi connectivity index (χ1) is 18.3. The summed E-state index contributed by atoms with van der Waals surface area (Å²) in [5, 5.41) is 19.2. The van der Waals surface area contributed by atoms with E-state index in [1.54, 1.807) is 44.2 Å². The van der Waals surface area contributed by atoms with E-state index in [0.717, 1.165) is 11.1 Å². The number of hydrogen-bond acceptors (Lipinski definition) is 6. The van der Waals surface area contributed by atoms with Crippen molar-refractivity contribution in [2.45, 2.75) is 39.0 Å². The van der Waals surface area contributed by atoms with Crippen LogP contribution in [0.2, 0.25) is 0 Å². The zero-order chi connectivity index (χ0) is 27.1. The van der Waals surface area contributed by atoms with Crippen LogP contribution in [0.1, 0.15) is 35.4 Å². The van der Waals surface area contributed by atoms with Crippen molar-refractivity contribution in [1.29, 1.82) is 0 Å². The monoisotopic (exact) mass is 517 g/mol. The Kier molecular flexibility index (Phi) is 8.50. The molecule has 1 aromatic heterocycles. The summed E-state index contributed by atoms with van der Waals surface area (Å²) in [4.78, 5) is 24.3. The highest BCUT2D eigenvalue weighted by molar-refractivity contribution is 5.90. The second-order valence-corrected chi connectivity index (χ2v) is 8.82. The molecule has 3 N–H and O–H groups in total. The van der Waals surface area contributed by atoms with E-state index in [2.05, 4.69) is 15.8 Å².